The van der Waals surface area contributed by atoms with Crippen LogP contribution in [0.1, 0.15) is 30.0 Å². The van der Waals surface area contributed by atoms with Crippen molar-refractivity contribution in [1.29, 1.82) is 0 Å². The fourth-order valence-electron chi connectivity index (χ4n) is 4.07. The van der Waals surface area contributed by atoms with Crippen molar-refractivity contribution >= 4 is 45.6 Å². The fourth-order valence-corrected chi connectivity index (χ4v) is 4.94. The Balaban J connectivity index is 0.00000380. The Bertz CT molecular complexity index is 1170. The third-order valence-corrected chi connectivity index (χ3v) is 7.26. The van der Waals surface area contributed by atoms with Gasteiger partial charge >= 0.3 is 0 Å². The Hall–Kier alpha value is -2.85. The monoisotopic (exact) mass is 543 g/mol. The minimum atomic E-state index is -0.432. The van der Waals surface area contributed by atoms with Crippen molar-refractivity contribution in [3.63, 3.8) is 0 Å². The van der Waals surface area contributed by atoms with Gasteiger partial charge < -0.3 is 15.0 Å². The molecule has 0 bridgehead atoms. The lowest BCUT2D eigenvalue weighted by molar-refractivity contribution is -0.122. The molecule has 1 aliphatic rings. The summed E-state index contributed by atoms with van der Waals surface area (Å²) in [5, 5.41) is 13.2. The number of halogens is 1. The van der Waals surface area contributed by atoms with Crippen molar-refractivity contribution in [1.82, 2.24) is 15.1 Å². The van der Waals surface area contributed by atoms with Crippen LogP contribution in [0.4, 0.5) is 10.8 Å². The molecule has 2 heterocycles. The maximum Gasteiger partial charge on any atom is 0.231 e. The fraction of sp³-hybridized carbons (Fsp3) is 0.407. The van der Waals surface area contributed by atoms with E-state index in [4.69, 9.17) is 16.3 Å². The summed E-state index contributed by atoms with van der Waals surface area (Å²) >= 11 is 7.30. The molecule has 1 saturated heterocycles. The van der Waals surface area contributed by atoms with Crippen LogP contribution in [-0.2, 0) is 33.7 Å². The van der Waals surface area contributed by atoms with Gasteiger partial charge in [0.05, 0.1) is 12.5 Å². The number of ether oxygens (including phenoxy) is 1. The maximum atomic E-state index is 12.8. The molecule has 198 valence electrons. The molecule has 8 nitrogen and oxygen atoms in total. The minimum Gasteiger partial charge on any atom is -0.383 e. The predicted octanol–water partition coefficient (Wildman–Crippen LogP) is 4.68. The van der Waals surface area contributed by atoms with Crippen molar-refractivity contribution < 1.29 is 14.3 Å². The number of anilines is 2. The number of aromatic nitrogens is 2. The van der Waals surface area contributed by atoms with E-state index in [0.29, 0.717) is 23.3 Å². The van der Waals surface area contributed by atoms with Gasteiger partial charge in [0.1, 0.15) is 5.01 Å². The van der Waals surface area contributed by atoms with Crippen LogP contribution in [0.15, 0.2) is 48.5 Å². The molecular weight excluding hydrogens is 510 g/mol. The highest BCUT2D eigenvalue weighted by Gasteiger charge is 2.35. The Morgan fingerprint density at radius 3 is 2.54 bits per heavy atom. The highest BCUT2D eigenvalue weighted by molar-refractivity contribution is 7.15. The Morgan fingerprint density at radius 2 is 1.84 bits per heavy atom. The Kier molecular flexibility index (Phi) is 10.6. The van der Waals surface area contributed by atoms with Crippen molar-refractivity contribution in [2.24, 2.45) is 5.92 Å². The zero-order chi connectivity index (χ0) is 25.5. The quantitative estimate of drug-likeness (QED) is 0.378. The minimum absolute atomic E-state index is 0. The number of hydrogen-bond donors (Lipinski definition) is 1. The summed E-state index contributed by atoms with van der Waals surface area (Å²) in [5.41, 5.74) is 3.12. The standard InChI is InChI=1S/C26H30ClN5O3S.CH4/c1-31(13-14-35-2)16-19-5-10-22(11-6-19)32-17-20(15-24(32)33)25(34)28-26-30-29-23(36-26)12-7-18-3-8-21(27)9-4-18;/h3-6,8-11,20H,7,12-17H2,1-2H3,(H,28,30,34);1H4/t20-;/m0./s1. The SMILES string of the molecule is C.COCCN(C)Cc1ccc(N2C[C@@H](C(=O)Nc3nnc(CCc4ccc(Cl)cc4)s3)CC2=O)cc1. The van der Waals surface area contributed by atoms with Crippen LogP contribution in [-0.4, -0.2) is 60.8 Å². The summed E-state index contributed by atoms with van der Waals surface area (Å²) < 4.78 is 5.12. The Labute approximate surface area is 227 Å². The number of carbonyl (C=O) groups excluding carboxylic acids is 2. The molecule has 3 aromatic rings. The smallest absolute Gasteiger partial charge is 0.231 e. The van der Waals surface area contributed by atoms with Gasteiger partial charge in [-0.25, -0.2) is 0 Å². The molecular formula is C27H34ClN5O3S. The van der Waals surface area contributed by atoms with E-state index in [0.717, 1.165) is 47.8 Å². The zero-order valence-corrected chi connectivity index (χ0v) is 22.0. The van der Waals surface area contributed by atoms with E-state index in [-0.39, 0.29) is 25.7 Å². The summed E-state index contributed by atoms with van der Waals surface area (Å²) in [6, 6.07) is 15.6. The molecule has 1 N–H and O–H groups in total. The van der Waals surface area contributed by atoms with Crippen LogP contribution >= 0.6 is 22.9 Å². The summed E-state index contributed by atoms with van der Waals surface area (Å²) in [5.74, 6) is -0.692. The highest BCUT2D eigenvalue weighted by Crippen LogP contribution is 2.27. The van der Waals surface area contributed by atoms with Crippen LogP contribution in [0.3, 0.4) is 0 Å². The number of rotatable bonds is 11. The van der Waals surface area contributed by atoms with Gasteiger partial charge in [-0.2, -0.15) is 0 Å². The largest absolute Gasteiger partial charge is 0.383 e. The predicted molar refractivity (Wildman–Crippen MR) is 149 cm³/mol. The van der Waals surface area contributed by atoms with Crippen LogP contribution in [0.2, 0.25) is 5.02 Å². The number of nitrogens with one attached hydrogen (secondary N) is 1. The van der Waals surface area contributed by atoms with Gasteiger partial charge in [-0.05, 0) is 48.9 Å². The molecule has 1 atom stereocenters. The van der Waals surface area contributed by atoms with Crippen LogP contribution in [0.25, 0.3) is 0 Å². The van der Waals surface area contributed by atoms with E-state index in [1.54, 1.807) is 12.0 Å². The molecule has 4 rings (SSSR count). The van der Waals surface area contributed by atoms with Crippen molar-refractivity contribution in [3.05, 3.63) is 69.7 Å². The van der Waals surface area contributed by atoms with Gasteiger partial charge in [0, 0.05) is 50.3 Å². The van der Waals surface area contributed by atoms with E-state index >= 15 is 0 Å². The highest BCUT2D eigenvalue weighted by atomic mass is 35.5. The molecule has 1 fully saturated rings. The number of amides is 2. The lowest BCUT2D eigenvalue weighted by atomic mass is 10.1. The van der Waals surface area contributed by atoms with E-state index in [2.05, 4.69) is 20.4 Å². The van der Waals surface area contributed by atoms with Gasteiger partial charge in [-0.3, -0.25) is 14.5 Å². The second-order valence-corrected chi connectivity index (χ2v) is 10.4. The van der Waals surface area contributed by atoms with E-state index in [1.165, 1.54) is 11.3 Å². The third-order valence-electron chi connectivity index (χ3n) is 6.11. The zero-order valence-electron chi connectivity index (χ0n) is 20.4. The molecule has 37 heavy (non-hydrogen) atoms. The first-order valence-corrected chi connectivity index (χ1v) is 13.0. The molecule has 0 saturated carbocycles. The third kappa shape index (κ3) is 8.07. The number of benzene rings is 2. The second-order valence-electron chi connectivity index (χ2n) is 8.92. The molecule has 1 aliphatic heterocycles. The van der Waals surface area contributed by atoms with Gasteiger partial charge in [0.25, 0.3) is 0 Å². The van der Waals surface area contributed by atoms with Gasteiger partial charge in [-0.15, -0.1) is 10.2 Å². The number of hydrogen-bond acceptors (Lipinski definition) is 7. The molecule has 0 aliphatic carbocycles. The van der Waals surface area contributed by atoms with E-state index in [9.17, 15) is 9.59 Å². The molecule has 0 radical (unpaired) electrons. The second kappa shape index (κ2) is 13.6. The normalized spacial score (nSPS) is 15.2. The van der Waals surface area contributed by atoms with Crippen LogP contribution < -0.4 is 10.2 Å². The lowest BCUT2D eigenvalue weighted by Gasteiger charge is -2.19. The summed E-state index contributed by atoms with van der Waals surface area (Å²) in [6.07, 6.45) is 1.71. The van der Waals surface area contributed by atoms with E-state index < -0.39 is 5.92 Å². The first-order chi connectivity index (χ1) is 17.4. The molecule has 10 heteroatoms. The van der Waals surface area contributed by atoms with E-state index in [1.807, 2.05) is 55.6 Å². The molecule has 2 amide bonds. The first-order valence-electron chi connectivity index (χ1n) is 11.9. The van der Waals surface area contributed by atoms with Crippen LogP contribution in [0, 0.1) is 5.92 Å². The lowest BCUT2D eigenvalue weighted by Crippen LogP contribution is -2.28. The summed E-state index contributed by atoms with van der Waals surface area (Å²) in [6.45, 7) is 2.67. The molecule has 0 unspecified atom stereocenters. The van der Waals surface area contributed by atoms with Crippen molar-refractivity contribution in [2.75, 3.05) is 44.1 Å². The molecule has 2 aromatic carbocycles. The van der Waals surface area contributed by atoms with Gasteiger partial charge in [-0.1, -0.05) is 54.6 Å². The van der Waals surface area contributed by atoms with Crippen molar-refractivity contribution in [2.45, 2.75) is 33.2 Å². The van der Waals surface area contributed by atoms with Crippen LogP contribution in [0.5, 0.6) is 0 Å². The number of nitrogens with zero attached hydrogens (tertiary/aromatic N) is 4. The number of aryl methyl sites for hydroxylation is 2. The van der Waals surface area contributed by atoms with Crippen molar-refractivity contribution in [3.8, 4) is 0 Å². The average molecular weight is 544 g/mol. The van der Waals surface area contributed by atoms with Gasteiger partial charge in [0.15, 0.2) is 0 Å². The number of likely N-dealkylation sites (N-methyl/N-ethyl adjacent to an activating group) is 1. The summed E-state index contributed by atoms with van der Waals surface area (Å²) in [7, 11) is 3.74. The Morgan fingerprint density at radius 1 is 1.14 bits per heavy atom. The number of methoxy groups -OCH3 is 1. The first kappa shape index (κ1) is 28.7. The average Bonchev–Trinajstić information content (AvgIpc) is 3.49. The van der Waals surface area contributed by atoms with Gasteiger partial charge in [0.2, 0.25) is 16.9 Å². The maximum absolute atomic E-state index is 12.8. The molecule has 0 spiro atoms. The molecule has 1 aromatic heterocycles. The topological polar surface area (TPSA) is 87.7 Å². The number of carbonyl (C=O) groups is 2. The summed E-state index contributed by atoms with van der Waals surface area (Å²) in [4.78, 5) is 29.4.